The zero-order valence-corrected chi connectivity index (χ0v) is 16.9. The molecule has 0 aliphatic rings. The van der Waals surface area contributed by atoms with E-state index in [4.69, 9.17) is 0 Å². The van der Waals surface area contributed by atoms with Gasteiger partial charge in [-0.1, -0.05) is 72.8 Å². The van der Waals surface area contributed by atoms with Crippen LogP contribution < -0.4 is 0 Å². The molecule has 4 aromatic carbocycles. The molecule has 0 fully saturated rings. The third-order valence-corrected chi connectivity index (χ3v) is 5.37. The van der Waals surface area contributed by atoms with E-state index in [0.29, 0.717) is 11.1 Å². The maximum Gasteiger partial charge on any atom is 0.101 e. The van der Waals surface area contributed by atoms with E-state index in [1.165, 1.54) is 11.6 Å². The topological polar surface area (TPSA) is 71.4 Å². The highest BCUT2D eigenvalue weighted by Crippen LogP contribution is 2.40. The maximum absolute atomic E-state index is 9.80. The van der Waals surface area contributed by atoms with Gasteiger partial charge in [-0.15, -0.1) is 0 Å². The molecule has 0 aromatic heterocycles. The van der Waals surface area contributed by atoms with Crippen molar-refractivity contribution in [1.29, 1.82) is 15.8 Å². The van der Waals surface area contributed by atoms with E-state index in [0.717, 1.165) is 27.8 Å². The van der Waals surface area contributed by atoms with E-state index in [1.807, 2.05) is 48.5 Å². The second-order valence-corrected chi connectivity index (χ2v) is 7.19. The van der Waals surface area contributed by atoms with E-state index in [-0.39, 0.29) is 11.1 Å². The van der Waals surface area contributed by atoms with Crippen LogP contribution in [0.3, 0.4) is 0 Å². The van der Waals surface area contributed by atoms with Crippen molar-refractivity contribution in [3.63, 3.8) is 0 Å². The number of hydrogen-bond donors (Lipinski definition) is 0. The van der Waals surface area contributed by atoms with E-state index in [9.17, 15) is 15.8 Å². The van der Waals surface area contributed by atoms with Gasteiger partial charge in [-0.2, -0.15) is 15.8 Å². The second-order valence-electron chi connectivity index (χ2n) is 7.19. The van der Waals surface area contributed by atoms with Gasteiger partial charge >= 0.3 is 0 Å². The Morgan fingerprint density at radius 3 is 1.48 bits per heavy atom. The molecule has 4 aromatic rings. The molecule has 0 spiro atoms. The van der Waals surface area contributed by atoms with E-state index in [2.05, 4.69) is 49.4 Å². The predicted molar refractivity (Wildman–Crippen MR) is 122 cm³/mol. The summed E-state index contributed by atoms with van der Waals surface area (Å²) in [4.78, 5) is 0. The molecule has 0 aliphatic heterocycles. The van der Waals surface area contributed by atoms with Gasteiger partial charge in [0.25, 0.3) is 0 Å². The van der Waals surface area contributed by atoms with Crippen LogP contribution in [0.5, 0.6) is 0 Å². The lowest BCUT2D eigenvalue weighted by atomic mass is 9.86. The van der Waals surface area contributed by atoms with Crippen molar-refractivity contribution in [1.82, 2.24) is 0 Å². The Hall–Kier alpha value is -4.65. The largest absolute Gasteiger partial charge is 0.192 e. The van der Waals surface area contributed by atoms with Gasteiger partial charge in [0.2, 0.25) is 0 Å². The van der Waals surface area contributed by atoms with Gasteiger partial charge in [0.05, 0.1) is 22.8 Å². The van der Waals surface area contributed by atoms with Gasteiger partial charge < -0.3 is 0 Å². The van der Waals surface area contributed by atoms with Crippen LogP contribution in [0.25, 0.3) is 33.4 Å². The number of nitriles is 3. The lowest BCUT2D eigenvalue weighted by Gasteiger charge is -2.17. The molecule has 0 amide bonds. The zero-order valence-electron chi connectivity index (χ0n) is 16.9. The SMILES string of the molecule is Cc1ccccc1-c1ccccc1-c1ccccc1-c1cc(C#N)cc(C#N)c1C#N. The van der Waals surface area contributed by atoms with Crippen molar-refractivity contribution in [3.05, 3.63) is 107 Å². The van der Waals surface area contributed by atoms with Gasteiger partial charge in [0.1, 0.15) is 12.1 Å². The van der Waals surface area contributed by atoms with Crippen molar-refractivity contribution < 1.29 is 0 Å². The molecule has 0 bridgehead atoms. The highest BCUT2D eigenvalue weighted by Gasteiger charge is 2.18. The lowest BCUT2D eigenvalue weighted by Crippen LogP contribution is -1.95. The second kappa shape index (κ2) is 8.38. The van der Waals surface area contributed by atoms with E-state index >= 15 is 0 Å². The molecule has 3 heteroatoms. The third kappa shape index (κ3) is 3.56. The summed E-state index contributed by atoms with van der Waals surface area (Å²) in [5.41, 5.74) is 7.60. The molecule has 0 aliphatic carbocycles. The molecule has 0 saturated carbocycles. The van der Waals surface area contributed by atoms with Crippen molar-refractivity contribution in [2.24, 2.45) is 0 Å². The summed E-state index contributed by atoms with van der Waals surface area (Å²) in [5, 5.41) is 28.8. The van der Waals surface area contributed by atoms with E-state index < -0.39 is 0 Å². The predicted octanol–water partition coefficient (Wildman–Crippen LogP) is 6.61. The standard InChI is InChI=1S/C28H17N3/c1-19-8-2-3-9-22(19)23-10-4-5-11-24(23)25-12-6-7-13-26(25)27-15-20(16-29)14-21(17-30)28(27)18-31/h2-15H,1H3. The van der Waals surface area contributed by atoms with Crippen LogP contribution in [0.1, 0.15) is 22.3 Å². The Labute approximate surface area is 181 Å². The molecular weight excluding hydrogens is 378 g/mol. The quantitative estimate of drug-likeness (QED) is 0.392. The van der Waals surface area contributed by atoms with Crippen molar-refractivity contribution >= 4 is 0 Å². The first-order valence-electron chi connectivity index (χ1n) is 9.81. The summed E-state index contributed by atoms with van der Waals surface area (Å²) in [6, 6.07) is 33.7. The number of rotatable bonds is 3. The minimum absolute atomic E-state index is 0.207. The van der Waals surface area contributed by atoms with Gasteiger partial charge in [0.15, 0.2) is 0 Å². The molecule has 0 unspecified atom stereocenters. The van der Waals surface area contributed by atoms with Crippen LogP contribution in [0.15, 0.2) is 84.9 Å². The summed E-state index contributed by atoms with van der Waals surface area (Å²) in [5.74, 6) is 0. The minimum Gasteiger partial charge on any atom is -0.192 e. The van der Waals surface area contributed by atoms with Crippen LogP contribution in [0.2, 0.25) is 0 Å². The fraction of sp³-hybridized carbons (Fsp3) is 0.0357. The molecule has 4 rings (SSSR count). The Morgan fingerprint density at radius 1 is 0.516 bits per heavy atom. The highest BCUT2D eigenvalue weighted by molar-refractivity contribution is 5.94. The van der Waals surface area contributed by atoms with Crippen LogP contribution in [0.4, 0.5) is 0 Å². The monoisotopic (exact) mass is 395 g/mol. The number of benzene rings is 4. The number of nitrogens with zero attached hydrogens (tertiary/aromatic N) is 3. The average Bonchev–Trinajstić information content (AvgIpc) is 2.83. The van der Waals surface area contributed by atoms with Crippen molar-refractivity contribution in [3.8, 4) is 51.6 Å². The van der Waals surface area contributed by atoms with Gasteiger partial charge in [0, 0.05) is 5.56 Å². The van der Waals surface area contributed by atoms with Crippen LogP contribution >= 0.6 is 0 Å². The summed E-state index contributed by atoms with van der Waals surface area (Å²) in [7, 11) is 0. The number of hydrogen-bond acceptors (Lipinski definition) is 3. The first kappa shape index (κ1) is 19.7. The Balaban J connectivity index is 2.04. The fourth-order valence-electron chi connectivity index (χ4n) is 3.91. The maximum atomic E-state index is 9.80. The van der Waals surface area contributed by atoms with Crippen molar-refractivity contribution in [2.45, 2.75) is 6.92 Å². The highest BCUT2D eigenvalue weighted by atomic mass is 14.3. The van der Waals surface area contributed by atoms with Gasteiger partial charge in [-0.05, 0) is 52.4 Å². The normalized spacial score (nSPS) is 10.0. The summed E-state index contributed by atoms with van der Waals surface area (Å²) in [6.07, 6.45) is 0. The van der Waals surface area contributed by atoms with Crippen LogP contribution in [0, 0.1) is 40.9 Å². The lowest BCUT2D eigenvalue weighted by molar-refractivity contribution is 1.40. The molecule has 0 heterocycles. The Kier molecular flexibility index (Phi) is 5.31. The first-order chi connectivity index (χ1) is 15.2. The zero-order chi connectivity index (χ0) is 21.8. The molecule has 0 radical (unpaired) electrons. The third-order valence-electron chi connectivity index (χ3n) is 5.37. The summed E-state index contributed by atoms with van der Waals surface area (Å²) < 4.78 is 0. The van der Waals surface area contributed by atoms with Gasteiger partial charge in [-0.25, -0.2) is 0 Å². The summed E-state index contributed by atoms with van der Waals surface area (Å²) in [6.45, 7) is 2.08. The summed E-state index contributed by atoms with van der Waals surface area (Å²) >= 11 is 0. The molecule has 0 saturated heterocycles. The fourth-order valence-corrected chi connectivity index (χ4v) is 3.91. The number of aryl methyl sites for hydroxylation is 1. The molecule has 3 nitrogen and oxygen atoms in total. The average molecular weight is 395 g/mol. The first-order valence-corrected chi connectivity index (χ1v) is 9.81. The van der Waals surface area contributed by atoms with Gasteiger partial charge in [-0.3, -0.25) is 0 Å². The van der Waals surface area contributed by atoms with E-state index in [1.54, 1.807) is 6.07 Å². The minimum atomic E-state index is 0.207. The van der Waals surface area contributed by atoms with Crippen LogP contribution in [-0.2, 0) is 0 Å². The smallest absolute Gasteiger partial charge is 0.101 e. The Bertz CT molecular complexity index is 1430. The molecule has 144 valence electrons. The molecule has 0 N–H and O–H groups in total. The van der Waals surface area contributed by atoms with Crippen LogP contribution in [-0.4, -0.2) is 0 Å². The van der Waals surface area contributed by atoms with Crippen molar-refractivity contribution in [2.75, 3.05) is 0 Å². The molecule has 0 atom stereocenters. The Morgan fingerprint density at radius 2 is 1.00 bits per heavy atom. The molecular formula is C28H17N3. The molecule has 31 heavy (non-hydrogen) atoms.